The number of halogens is 3. The minimum absolute atomic E-state index is 0.407. The zero-order valence-electron chi connectivity index (χ0n) is 10.7. The number of carbonyl (C=O) groups is 1. The van der Waals surface area contributed by atoms with Crippen LogP contribution in [-0.4, -0.2) is 6.03 Å². The van der Waals surface area contributed by atoms with Gasteiger partial charge in [0, 0.05) is 6.20 Å². The van der Waals surface area contributed by atoms with Gasteiger partial charge < -0.3 is 10.6 Å². The van der Waals surface area contributed by atoms with Crippen LogP contribution in [0.3, 0.4) is 0 Å². The summed E-state index contributed by atoms with van der Waals surface area (Å²) in [6.45, 7) is 0. The average molecular weight is 292 g/mol. The Balaban J connectivity index is 1.96. The normalized spacial score (nSPS) is 10.6. The van der Waals surface area contributed by atoms with E-state index in [1.54, 1.807) is 6.07 Å². The number of nitrogens with one attached hydrogen (secondary N) is 2. The molecule has 0 spiro atoms. The molecule has 3 nitrogen and oxygen atoms in total. The molecule has 21 heavy (non-hydrogen) atoms. The molecule has 2 rings (SSSR count). The molecule has 0 aliphatic carbocycles. The van der Waals surface area contributed by atoms with Crippen molar-refractivity contribution in [3.8, 4) is 0 Å². The van der Waals surface area contributed by atoms with Crippen molar-refractivity contribution in [2.24, 2.45) is 0 Å². The van der Waals surface area contributed by atoms with Gasteiger partial charge in [-0.25, -0.2) is 18.0 Å². The van der Waals surface area contributed by atoms with E-state index in [2.05, 4.69) is 10.6 Å². The molecular formula is C15H11F3N2O. The third kappa shape index (κ3) is 4.10. The second kappa shape index (κ2) is 6.60. The van der Waals surface area contributed by atoms with Crippen LogP contribution in [0.5, 0.6) is 0 Å². The molecule has 0 saturated carbocycles. The van der Waals surface area contributed by atoms with Crippen molar-refractivity contribution in [1.29, 1.82) is 0 Å². The lowest BCUT2D eigenvalue weighted by molar-refractivity contribution is 0.255. The van der Waals surface area contributed by atoms with Gasteiger partial charge in [-0.15, -0.1) is 0 Å². The van der Waals surface area contributed by atoms with Crippen LogP contribution in [-0.2, 0) is 0 Å². The lowest BCUT2D eigenvalue weighted by atomic mass is 10.2. The number of anilines is 1. The number of hydrogen-bond acceptors (Lipinski definition) is 1. The van der Waals surface area contributed by atoms with Crippen LogP contribution in [0, 0.1) is 17.5 Å². The van der Waals surface area contributed by atoms with Gasteiger partial charge in [0.25, 0.3) is 0 Å². The van der Waals surface area contributed by atoms with E-state index < -0.39 is 29.2 Å². The summed E-state index contributed by atoms with van der Waals surface area (Å²) in [5, 5.41) is 4.32. The number of urea groups is 1. The van der Waals surface area contributed by atoms with Crippen molar-refractivity contribution in [3.63, 3.8) is 0 Å². The Labute approximate surface area is 119 Å². The summed E-state index contributed by atoms with van der Waals surface area (Å²) in [7, 11) is 0. The van der Waals surface area contributed by atoms with E-state index in [0.717, 1.165) is 12.1 Å². The number of benzene rings is 2. The van der Waals surface area contributed by atoms with Gasteiger partial charge in [0.15, 0.2) is 0 Å². The van der Waals surface area contributed by atoms with Crippen molar-refractivity contribution in [2.75, 3.05) is 5.32 Å². The second-order valence-electron chi connectivity index (χ2n) is 4.08. The molecule has 0 saturated heterocycles. The predicted octanol–water partition coefficient (Wildman–Crippen LogP) is 3.90. The van der Waals surface area contributed by atoms with Gasteiger partial charge >= 0.3 is 6.03 Å². The minimum atomic E-state index is -0.876. The fourth-order valence-electron chi connectivity index (χ4n) is 1.59. The highest BCUT2D eigenvalue weighted by Gasteiger charge is 2.10. The first kappa shape index (κ1) is 14.6. The Morgan fingerprint density at radius 2 is 1.67 bits per heavy atom. The van der Waals surface area contributed by atoms with Crippen molar-refractivity contribution < 1.29 is 18.0 Å². The maximum Gasteiger partial charge on any atom is 0.323 e. The molecule has 2 N–H and O–H groups in total. The predicted molar refractivity (Wildman–Crippen MR) is 73.9 cm³/mol. The SMILES string of the molecule is O=C(N/C=C/c1cccc(F)c1)Nc1c(F)cccc1F. The van der Waals surface area contributed by atoms with E-state index in [1.165, 1.54) is 36.5 Å². The van der Waals surface area contributed by atoms with E-state index in [9.17, 15) is 18.0 Å². The van der Waals surface area contributed by atoms with Crippen molar-refractivity contribution in [2.45, 2.75) is 0 Å². The molecule has 6 heteroatoms. The highest BCUT2D eigenvalue weighted by molar-refractivity contribution is 5.90. The molecule has 0 fully saturated rings. The van der Waals surface area contributed by atoms with Crippen molar-refractivity contribution >= 4 is 17.8 Å². The number of para-hydroxylation sites is 1. The van der Waals surface area contributed by atoms with Crippen LogP contribution in [0.15, 0.2) is 48.7 Å². The molecule has 2 aromatic rings. The third-order valence-electron chi connectivity index (χ3n) is 2.54. The fourth-order valence-corrected chi connectivity index (χ4v) is 1.59. The first-order valence-electron chi connectivity index (χ1n) is 6.00. The van der Waals surface area contributed by atoms with Gasteiger partial charge in [0.1, 0.15) is 23.1 Å². The van der Waals surface area contributed by atoms with E-state index in [-0.39, 0.29) is 0 Å². The van der Waals surface area contributed by atoms with Crippen LogP contribution in [0.2, 0.25) is 0 Å². The quantitative estimate of drug-likeness (QED) is 0.885. The van der Waals surface area contributed by atoms with Crippen molar-refractivity contribution in [3.05, 3.63) is 71.7 Å². The van der Waals surface area contributed by atoms with Crippen LogP contribution in [0.25, 0.3) is 6.08 Å². The highest BCUT2D eigenvalue weighted by Crippen LogP contribution is 2.17. The second-order valence-corrected chi connectivity index (χ2v) is 4.08. The van der Waals surface area contributed by atoms with Gasteiger partial charge in [0.05, 0.1) is 0 Å². The maximum atomic E-state index is 13.3. The van der Waals surface area contributed by atoms with Crippen LogP contribution in [0.1, 0.15) is 5.56 Å². The Bertz CT molecular complexity index is 666. The zero-order chi connectivity index (χ0) is 15.2. The van der Waals surface area contributed by atoms with E-state index in [1.807, 2.05) is 0 Å². The van der Waals surface area contributed by atoms with E-state index >= 15 is 0 Å². The molecule has 0 aliphatic rings. The molecule has 2 aromatic carbocycles. The number of carbonyl (C=O) groups excluding carboxylic acids is 1. The smallest absolute Gasteiger partial charge is 0.314 e. The number of hydrogen-bond donors (Lipinski definition) is 2. The molecule has 2 amide bonds. The molecule has 0 aliphatic heterocycles. The lowest BCUT2D eigenvalue weighted by Gasteiger charge is -2.06. The summed E-state index contributed by atoms with van der Waals surface area (Å²) >= 11 is 0. The molecule has 0 unspecified atom stereocenters. The van der Waals surface area contributed by atoms with Crippen LogP contribution < -0.4 is 10.6 Å². The average Bonchev–Trinajstić information content (AvgIpc) is 2.43. The van der Waals surface area contributed by atoms with Crippen molar-refractivity contribution in [1.82, 2.24) is 5.32 Å². The minimum Gasteiger partial charge on any atom is -0.314 e. The first-order valence-corrected chi connectivity index (χ1v) is 6.00. The molecule has 0 bridgehead atoms. The fraction of sp³-hybridized carbons (Fsp3) is 0. The molecule has 0 atom stereocenters. The third-order valence-corrected chi connectivity index (χ3v) is 2.54. The zero-order valence-corrected chi connectivity index (χ0v) is 10.7. The lowest BCUT2D eigenvalue weighted by Crippen LogP contribution is -2.24. The molecule has 0 heterocycles. The topological polar surface area (TPSA) is 41.1 Å². The van der Waals surface area contributed by atoms with E-state index in [4.69, 9.17) is 0 Å². The summed E-state index contributed by atoms with van der Waals surface area (Å²) in [5.41, 5.74) is 0.00141. The Kier molecular flexibility index (Phi) is 4.61. The van der Waals surface area contributed by atoms with Gasteiger partial charge in [-0.1, -0.05) is 18.2 Å². The van der Waals surface area contributed by atoms with Gasteiger partial charge in [-0.2, -0.15) is 0 Å². The van der Waals surface area contributed by atoms with Gasteiger partial charge in [-0.3, -0.25) is 0 Å². The Morgan fingerprint density at radius 1 is 1.00 bits per heavy atom. The number of amides is 2. The van der Waals surface area contributed by atoms with Gasteiger partial charge in [-0.05, 0) is 35.9 Å². The largest absolute Gasteiger partial charge is 0.323 e. The summed E-state index contributed by atoms with van der Waals surface area (Å²) in [5.74, 6) is -2.16. The maximum absolute atomic E-state index is 13.3. The summed E-state index contributed by atoms with van der Waals surface area (Å²) in [4.78, 5) is 11.5. The standard InChI is InChI=1S/C15H11F3N2O/c16-11-4-1-3-10(9-11)7-8-19-15(21)20-14-12(17)5-2-6-13(14)18/h1-9H,(H2,19,20,21)/b8-7+. The van der Waals surface area contributed by atoms with Crippen LogP contribution in [0.4, 0.5) is 23.7 Å². The monoisotopic (exact) mass is 292 g/mol. The summed E-state index contributed by atoms with van der Waals surface area (Å²) < 4.78 is 39.5. The molecular weight excluding hydrogens is 281 g/mol. The van der Waals surface area contributed by atoms with Crippen LogP contribution >= 0.6 is 0 Å². The highest BCUT2D eigenvalue weighted by atomic mass is 19.1. The van der Waals surface area contributed by atoms with E-state index in [0.29, 0.717) is 5.56 Å². The molecule has 108 valence electrons. The first-order chi connectivity index (χ1) is 10.1. The van der Waals surface area contributed by atoms with Gasteiger partial charge in [0.2, 0.25) is 0 Å². The number of rotatable bonds is 3. The molecule has 0 aromatic heterocycles. The Hall–Kier alpha value is -2.76. The Morgan fingerprint density at radius 3 is 2.33 bits per heavy atom. The molecule has 0 radical (unpaired) electrons. The summed E-state index contributed by atoms with van der Waals surface area (Å²) in [6, 6.07) is 8.15. The summed E-state index contributed by atoms with van der Waals surface area (Å²) in [6.07, 6.45) is 2.68.